The highest BCUT2D eigenvalue weighted by Gasteiger charge is 2.23. The largest absolute Gasteiger partial charge is 0.460 e. The Morgan fingerprint density at radius 2 is 1.95 bits per heavy atom. The van der Waals surface area contributed by atoms with Crippen LogP contribution >= 0.6 is 0 Å². The lowest BCUT2D eigenvalue weighted by Gasteiger charge is -2.11. The molecule has 1 aromatic carbocycles. The SMILES string of the molecule is CC(CC1CC1)NCc1ccc(-c2ccc(F)cc2)o1. The number of nitrogens with one attached hydrogen (secondary N) is 1. The van der Waals surface area contributed by atoms with Gasteiger partial charge in [-0.05, 0) is 55.7 Å². The fraction of sp³-hybridized carbons (Fsp3) is 0.412. The molecular formula is C17H20FNO. The van der Waals surface area contributed by atoms with Crippen LogP contribution in [-0.4, -0.2) is 6.04 Å². The van der Waals surface area contributed by atoms with E-state index in [2.05, 4.69) is 12.2 Å². The van der Waals surface area contributed by atoms with E-state index in [1.54, 1.807) is 12.1 Å². The predicted octanol–water partition coefficient (Wildman–Crippen LogP) is 4.36. The molecule has 2 nitrogen and oxygen atoms in total. The standard InChI is InChI=1S/C17H20FNO/c1-12(10-13-2-3-13)19-11-16-8-9-17(20-16)14-4-6-15(18)7-5-14/h4-9,12-13,19H,2-3,10-11H2,1H3. The van der Waals surface area contributed by atoms with Crippen LogP contribution in [-0.2, 0) is 6.54 Å². The smallest absolute Gasteiger partial charge is 0.134 e. The van der Waals surface area contributed by atoms with Crippen LogP contribution in [0.1, 0.15) is 31.9 Å². The first kappa shape index (κ1) is 13.4. The summed E-state index contributed by atoms with van der Waals surface area (Å²) in [6.07, 6.45) is 4.04. The van der Waals surface area contributed by atoms with Gasteiger partial charge in [-0.25, -0.2) is 4.39 Å². The van der Waals surface area contributed by atoms with Crippen LogP contribution in [0.5, 0.6) is 0 Å². The molecule has 1 N–H and O–H groups in total. The summed E-state index contributed by atoms with van der Waals surface area (Å²) in [4.78, 5) is 0. The first-order valence-electron chi connectivity index (χ1n) is 7.29. The van der Waals surface area contributed by atoms with Crippen molar-refractivity contribution in [1.29, 1.82) is 0 Å². The van der Waals surface area contributed by atoms with Crippen molar-refractivity contribution in [2.24, 2.45) is 5.92 Å². The Hall–Kier alpha value is -1.61. The molecule has 1 aromatic heterocycles. The molecule has 1 aliphatic rings. The van der Waals surface area contributed by atoms with E-state index >= 15 is 0 Å². The molecule has 0 spiro atoms. The van der Waals surface area contributed by atoms with Gasteiger partial charge in [0.05, 0.1) is 6.54 Å². The maximum absolute atomic E-state index is 12.9. The molecule has 1 saturated carbocycles. The molecule has 0 radical (unpaired) electrons. The van der Waals surface area contributed by atoms with Gasteiger partial charge >= 0.3 is 0 Å². The van der Waals surface area contributed by atoms with Gasteiger partial charge < -0.3 is 9.73 Å². The van der Waals surface area contributed by atoms with Gasteiger partial charge in [0.15, 0.2) is 0 Å². The Bertz CT molecular complexity index is 557. The summed E-state index contributed by atoms with van der Waals surface area (Å²) >= 11 is 0. The zero-order chi connectivity index (χ0) is 13.9. The number of halogens is 1. The van der Waals surface area contributed by atoms with E-state index < -0.39 is 0 Å². The Morgan fingerprint density at radius 3 is 2.65 bits per heavy atom. The number of furan rings is 1. The molecule has 1 aliphatic carbocycles. The molecule has 0 saturated heterocycles. The fourth-order valence-corrected chi connectivity index (χ4v) is 2.45. The number of hydrogen-bond donors (Lipinski definition) is 1. The van der Waals surface area contributed by atoms with Crippen molar-refractivity contribution in [1.82, 2.24) is 5.32 Å². The molecular weight excluding hydrogens is 253 g/mol. The molecule has 2 aromatic rings. The Labute approximate surface area is 119 Å². The lowest BCUT2D eigenvalue weighted by molar-refractivity contribution is 0.438. The molecule has 1 fully saturated rings. The third-order valence-electron chi connectivity index (χ3n) is 3.80. The summed E-state index contributed by atoms with van der Waals surface area (Å²) in [5.41, 5.74) is 0.906. The van der Waals surface area contributed by atoms with Crippen LogP contribution in [0.15, 0.2) is 40.8 Å². The fourth-order valence-electron chi connectivity index (χ4n) is 2.45. The topological polar surface area (TPSA) is 25.2 Å². The van der Waals surface area contributed by atoms with Crippen LogP contribution in [0.2, 0.25) is 0 Å². The van der Waals surface area contributed by atoms with E-state index in [-0.39, 0.29) is 5.82 Å². The van der Waals surface area contributed by atoms with E-state index in [0.29, 0.717) is 6.04 Å². The van der Waals surface area contributed by atoms with E-state index in [0.717, 1.165) is 29.5 Å². The van der Waals surface area contributed by atoms with Crippen molar-refractivity contribution >= 4 is 0 Å². The maximum Gasteiger partial charge on any atom is 0.134 e. The van der Waals surface area contributed by atoms with Gasteiger partial charge in [-0.1, -0.05) is 12.8 Å². The molecule has 3 rings (SSSR count). The van der Waals surface area contributed by atoms with Gasteiger partial charge in [-0.2, -0.15) is 0 Å². The quantitative estimate of drug-likeness (QED) is 0.845. The van der Waals surface area contributed by atoms with Gasteiger partial charge in [0.2, 0.25) is 0 Å². The summed E-state index contributed by atoms with van der Waals surface area (Å²) in [6.45, 7) is 2.97. The highest BCUT2D eigenvalue weighted by atomic mass is 19.1. The van der Waals surface area contributed by atoms with Crippen molar-refractivity contribution in [3.8, 4) is 11.3 Å². The first-order chi connectivity index (χ1) is 9.70. The molecule has 20 heavy (non-hydrogen) atoms. The van der Waals surface area contributed by atoms with E-state index in [1.807, 2.05) is 12.1 Å². The molecule has 0 amide bonds. The predicted molar refractivity (Wildman–Crippen MR) is 77.7 cm³/mol. The van der Waals surface area contributed by atoms with Crippen LogP contribution in [0.25, 0.3) is 11.3 Å². The highest BCUT2D eigenvalue weighted by Crippen LogP contribution is 2.33. The van der Waals surface area contributed by atoms with Crippen LogP contribution in [0, 0.1) is 11.7 Å². The second-order valence-electron chi connectivity index (χ2n) is 5.73. The van der Waals surface area contributed by atoms with Gasteiger partial charge in [0, 0.05) is 11.6 Å². The first-order valence-corrected chi connectivity index (χ1v) is 7.29. The average molecular weight is 273 g/mol. The minimum Gasteiger partial charge on any atom is -0.460 e. The number of rotatable bonds is 6. The van der Waals surface area contributed by atoms with Crippen LogP contribution in [0.4, 0.5) is 4.39 Å². The third kappa shape index (κ3) is 3.48. The van der Waals surface area contributed by atoms with Crippen molar-refractivity contribution in [2.45, 2.75) is 38.8 Å². The zero-order valence-corrected chi connectivity index (χ0v) is 11.7. The summed E-state index contributed by atoms with van der Waals surface area (Å²) in [7, 11) is 0. The van der Waals surface area contributed by atoms with Gasteiger partial charge in [-0.15, -0.1) is 0 Å². The minimum atomic E-state index is -0.226. The highest BCUT2D eigenvalue weighted by molar-refractivity contribution is 5.57. The van der Waals surface area contributed by atoms with Gasteiger partial charge in [0.25, 0.3) is 0 Å². The van der Waals surface area contributed by atoms with Crippen molar-refractivity contribution in [2.75, 3.05) is 0 Å². The van der Waals surface area contributed by atoms with E-state index in [4.69, 9.17) is 4.42 Å². The van der Waals surface area contributed by atoms with E-state index in [9.17, 15) is 4.39 Å². The molecule has 1 heterocycles. The lowest BCUT2D eigenvalue weighted by atomic mass is 10.1. The zero-order valence-electron chi connectivity index (χ0n) is 11.7. The number of benzene rings is 1. The minimum absolute atomic E-state index is 0.226. The summed E-state index contributed by atoms with van der Waals surface area (Å²) in [5, 5.41) is 3.49. The van der Waals surface area contributed by atoms with Crippen molar-refractivity contribution in [3.63, 3.8) is 0 Å². The molecule has 1 atom stereocenters. The summed E-state index contributed by atoms with van der Waals surface area (Å²) in [5.74, 6) is 2.42. The average Bonchev–Trinajstić information content (AvgIpc) is 3.12. The Balaban J connectivity index is 1.57. The summed E-state index contributed by atoms with van der Waals surface area (Å²) < 4.78 is 18.7. The Kier molecular flexibility index (Phi) is 3.88. The van der Waals surface area contributed by atoms with Gasteiger partial charge in [-0.3, -0.25) is 0 Å². The van der Waals surface area contributed by atoms with Crippen LogP contribution < -0.4 is 5.32 Å². The monoisotopic (exact) mass is 273 g/mol. The van der Waals surface area contributed by atoms with Gasteiger partial charge in [0.1, 0.15) is 17.3 Å². The molecule has 0 bridgehead atoms. The second kappa shape index (κ2) is 5.80. The molecule has 1 unspecified atom stereocenters. The maximum atomic E-state index is 12.9. The molecule has 106 valence electrons. The normalized spacial score (nSPS) is 16.3. The second-order valence-corrected chi connectivity index (χ2v) is 5.73. The van der Waals surface area contributed by atoms with E-state index in [1.165, 1.54) is 31.4 Å². The molecule has 0 aliphatic heterocycles. The van der Waals surface area contributed by atoms with Crippen LogP contribution in [0.3, 0.4) is 0 Å². The number of hydrogen-bond acceptors (Lipinski definition) is 2. The van der Waals surface area contributed by atoms with Crippen molar-refractivity contribution in [3.05, 3.63) is 48.0 Å². The third-order valence-corrected chi connectivity index (χ3v) is 3.80. The molecule has 3 heteroatoms. The summed E-state index contributed by atoms with van der Waals surface area (Å²) in [6, 6.07) is 10.8. The Morgan fingerprint density at radius 1 is 1.20 bits per heavy atom. The lowest BCUT2D eigenvalue weighted by Crippen LogP contribution is -2.25. The van der Waals surface area contributed by atoms with Crippen molar-refractivity contribution < 1.29 is 8.81 Å².